The van der Waals surface area contributed by atoms with Crippen LogP contribution in [0.1, 0.15) is 143 Å². The first-order valence-electron chi connectivity index (χ1n) is 11.8. The molecule has 0 spiro atoms. The maximum absolute atomic E-state index is 9.45. The van der Waals surface area contributed by atoms with Crippen LogP contribution in [-0.4, -0.2) is 11.7 Å². The van der Waals surface area contributed by atoms with Crippen LogP contribution in [-0.2, 0) is 0 Å². The van der Waals surface area contributed by atoms with Gasteiger partial charge in [-0.05, 0) is 24.7 Å². The molecule has 0 radical (unpaired) electrons. The third-order valence-electron chi connectivity index (χ3n) is 5.98. The minimum atomic E-state index is 0.366. The Labute approximate surface area is 160 Å². The molecule has 0 amide bonds. The van der Waals surface area contributed by atoms with Gasteiger partial charge in [-0.25, -0.2) is 0 Å². The van der Waals surface area contributed by atoms with E-state index >= 15 is 0 Å². The SMILES string of the molecule is CCCCCCCCCCC(C)(CCO)CCCCCCCCCC. The molecule has 0 aliphatic rings. The third-order valence-corrected chi connectivity index (χ3v) is 5.98. The van der Waals surface area contributed by atoms with E-state index in [-0.39, 0.29) is 0 Å². The topological polar surface area (TPSA) is 20.2 Å². The highest BCUT2D eigenvalue weighted by Crippen LogP contribution is 2.34. The molecule has 0 bridgehead atoms. The molecule has 0 aromatic heterocycles. The summed E-state index contributed by atoms with van der Waals surface area (Å²) in [7, 11) is 0. The van der Waals surface area contributed by atoms with Gasteiger partial charge in [0.1, 0.15) is 0 Å². The molecule has 1 nitrogen and oxygen atoms in total. The number of rotatable bonds is 20. The van der Waals surface area contributed by atoms with Gasteiger partial charge >= 0.3 is 0 Å². The van der Waals surface area contributed by atoms with Crippen LogP contribution in [0.2, 0.25) is 0 Å². The van der Waals surface area contributed by atoms with E-state index in [9.17, 15) is 5.11 Å². The fraction of sp³-hybridized carbons (Fsp3) is 1.00. The average molecular weight is 355 g/mol. The molecule has 0 aromatic carbocycles. The van der Waals surface area contributed by atoms with E-state index in [0.29, 0.717) is 12.0 Å². The highest BCUT2D eigenvalue weighted by Gasteiger charge is 2.22. The van der Waals surface area contributed by atoms with Crippen LogP contribution >= 0.6 is 0 Å². The first kappa shape index (κ1) is 25.0. The molecule has 0 rings (SSSR count). The molecular weight excluding hydrogens is 304 g/mol. The van der Waals surface area contributed by atoms with Crippen molar-refractivity contribution < 1.29 is 5.11 Å². The predicted octanol–water partition coefficient (Wildman–Crippen LogP) is 8.44. The number of aliphatic hydroxyl groups is 1. The van der Waals surface area contributed by atoms with Crippen LogP contribution in [0, 0.1) is 5.41 Å². The van der Waals surface area contributed by atoms with Gasteiger partial charge in [0.25, 0.3) is 0 Å². The zero-order chi connectivity index (χ0) is 18.6. The summed E-state index contributed by atoms with van der Waals surface area (Å²) < 4.78 is 0. The fourth-order valence-electron chi connectivity index (χ4n) is 4.02. The van der Waals surface area contributed by atoms with Gasteiger partial charge in [-0.15, -0.1) is 0 Å². The lowest BCUT2D eigenvalue weighted by Gasteiger charge is -2.29. The van der Waals surface area contributed by atoms with Gasteiger partial charge in [0, 0.05) is 6.61 Å². The van der Waals surface area contributed by atoms with Gasteiger partial charge < -0.3 is 5.11 Å². The summed E-state index contributed by atoms with van der Waals surface area (Å²) in [6.45, 7) is 7.36. The van der Waals surface area contributed by atoms with Crippen molar-refractivity contribution in [3.8, 4) is 0 Å². The lowest BCUT2D eigenvalue weighted by atomic mass is 9.77. The Balaban J connectivity index is 3.66. The van der Waals surface area contributed by atoms with E-state index in [2.05, 4.69) is 20.8 Å². The minimum absolute atomic E-state index is 0.366. The lowest BCUT2D eigenvalue weighted by Crippen LogP contribution is -2.18. The molecule has 0 aromatic rings. The molecule has 0 saturated carbocycles. The maximum atomic E-state index is 9.45. The van der Waals surface area contributed by atoms with E-state index in [0.717, 1.165) is 6.42 Å². The van der Waals surface area contributed by atoms with Crippen molar-refractivity contribution in [2.24, 2.45) is 5.41 Å². The molecule has 0 aliphatic carbocycles. The van der Waals surface area contributed by atoms with Crippen LogP contribution in [0.15, 0.2) is 0 Å². The zero-order valence-corrected chi connectivity index (χ0v) is 18.1. The Morgan fingerprint density at radius 1 is 0.480 bits per heavy atom. The van der Waals surface area contributed by atoms with Gasteiger partial charge in [0.05, 0.1) is 0 Å². The Morgan fingerprint density at radius 3 is 1.12 bits per heavy atom. The van der Waals surface area contributed by atoms with Crippen molar-refractivity contribution in [1.82, 2.24) is 0 Å². The highest BCUT2D eigenvalue weighted by molar-refractivity contribution is 4.74. The lowest BCUT2D eigenvalue weighted by molar-refractivity contribution is 0.166. The van der Waals surface area contributed by atoms with Crippen molar-refractivity contribution >= 4 is 0 Å². The molecule has 152 valence electrons. The summed E-state index contributed by atoms with van der Waals surface area (Å²) in [5.74, 6) is 0. The summed E-state index contributed by atoms with van der Waals surface area (Å²) in [5, 5.41) is 9.45. The standard InChI is InChI=1S/C24H50O/c1-4-6-8-10-12-14-16-18-20-24(3,22-23-25)21-19-17-15-13-11-9-7-5-2/h25H,4-23H2,1-3H3. The Kier molecular flexibility index (Phi) is 18.7. The Hall–Kier alpha value is -0.0400. The zero-order valence-electron chi connectivity index (χ0n) is 18.1. The second-order valence-corrected chi connectivity index (χ2v) is 8.73. The summed E-state index contributed by atoms with van der Waals surface area (Å²) >= 11 is 0. The monoisotopic (exact) mass is 354 g/mol. The Morgan fingerprint density at radius 2 is 0.800 bits per heavy atom. The highest BCUT2D eigenvalue weighted by atomic mass is 16.3. The number of hydrogen-bond acceptors (Lipinski definition) is 1. The minimum Gasteiger partial charge on any atom is -0.396 e. The molecule has 0 unspecified atom stereocenters. The van der Waals surface area contributed by atoms with E-state index in [1.807, 2.05) is 0 Å². The largest absolute Gasteiger partial charge is 0.396 e. The van der Waals surface area contributed by atoms with Crippen LogP contribution < -0.4 is 0 Å². The number of unbranched alkanes of at least 4 members (excludes halogenated alkanes) is 14. The van der Waals surface area contributed by atoms with Crippen LogP contribution in [0.5, 0.6) is 0 Å². The van der Waals surface area contributed by atoms with Crippen LogP contribution in [0.3, 0.4) is 0 Å². The van der Waals surface area contributed by atoms with E-state index in [1.54, 1.807) is 0 Å². The molecule has 0 fully saturated rings. The summed E-state index contributed by atoms with van der Waals surface area (Å²) in [6.07, 6.45) is 26.1. The molecule has 0 saturated heterocycles. The molecule has 25 heavy (non-hydrogen) atoms. The first-order chi connectivity index (χ1) is 12.2. The summed E-state index contributed by atoms with van der Waals surface area (Å²) in [4.78, 5) is 0. The molecular formula is C24H50O. The van der Waals surface area contributed by atoms with Gasteiger partial charge in [-0.3, -0.25) is 0 Å². The maximum Gasteiger partial charge on any atom is 0.0436 e. The number of hydrogen-bond donors (Lipinski definition) is 1. The Bertz CT molecular complexity index is 228. The molecule has 0 atom stereocenters. The third kappa shape index (κ3) is 17.1. The quantitative estimate of drug-likeness (QED) is 0.217. The summed E-state index contributed by atoms with van der Waals surface area (Å²) in [5.41, 5.74) is 0.388. The summed E-state index contributed by atoms with van der Waals surface area (Å²) in [6, 6.07) is 0. The van der Waals surface area contributed by atoms with Crippen molar-refractivity contribution in [2.45, 2.75) is 143 Å². The number of aliphatic hydroxyl groups excluding tert-OH is 1. The second kappa shape index (κ2) is 18.7. The van der Waals surface area contributed by atoms with Crippen LogP contribution in [0.4, 0.5) is 0 Å². The molecule has 0 heterocycles. The van der Waals surface area contributed by atoms with Crippen molar-refractivity contribution in [3.05, 3.63) is 0 Å². The van der Waals surface area contributed by atoms with Gasteiger partial charge in [0.2, 0.25) is 0 Å². The molecule has 1 heteroatoms. The van der Waals surface area contributed by atoms with Crippen molar-refractivity contribution in [1.29, 1.82) is 0 Å². The van der Waals surface area contributed by atoms with Crippen molar-refractivity contribution in [2.75, 3.05) is 6.61 Å². The van der Waals surface area contributed by atoms with Crippen LogP contribution in [0.25, 0.3) is 0 Å². The van der Waals surface area contributed by atoms with Gasteiger partial charge in [-0.2, -0.15) is 0 Å². The van der Waals surface area contributed by atoms with Crippen molar-refractivity contribution in [3.63, 3.8) is 0 Å². The van der Waals surface area contributed by atoms with Gasteiger partial charge in [-0.1, -0.05) is 124 Å². The van der Waals surface area contributed by atoms with E-state index < -0.39 is 0 Å². The van der Waals surface area contributed by atoms with E-state index in [4.69, 9.17) is 0 Å². The second-order valence-electron chi connectivity index (χ2n) is 8.73. The normalized spacial score (nSPS) is 12.0. The van der Waals surface area contributed by atoms with Gasteiger partial charge in [0.15, 0.2) is 0 Å². The fourth-order valence-corrected chi connectivity index (χ4v) is 4.02. The van der Waals surface area contributed by atoms with E-state index in [1.165, 1.54) is 116 Å². The predicted molar refractivity (Wildman–Crippen MR) is 114 cm³/mol. The first-order valence-corrected chi connectivity index (χ1v) is 11.8. The average Bonchev–Trinajstić information content (AvgIpc) is 2.60. The smallest absolute Gasteiger partial charge is 0.0436 e. The molecule has 0 aliphatic heterocycles. The molecule has 1 N–H and O–H groups in total.